The van der Waals surface area contributed by atoms with Gasteiger partial charge in [0, 0.05) is 24.7 Å². The summed E-state index contributed by atoms with van der Waals surface area (Å²) in [6.07, 6.45) is 6.68. The highest BCUT2D eigenvalue weighted by Gasteiger charge is 2.24. The lowest BCUT2D eigenvalue weighted by Crippen LogP contribution is -2.40. The molecule has 0 radical (unpaired) electrons. The molecule has 0 aliphatic carbocycles. The van der Waals surface area contributed by atoms with Crippen molar-refractivity contribution >= 4 is 11.8 Å². The van der Waals surface area contributed by atoms with Gasteiger partial charge in [0.1, 0.15) is 5.82 Å². The number of nitrogens with one attached hydrogen (secondary N) is 1. The number of aryl methyl sites for hydroxylation is 2. The van der Waals surface area contributed by atoms with Gasteiger partial charge < -0.3 is 20.1 Å². The molecule has 0 bridgehead atoms. The standard InChI is InChI=1S/C32H39N3O3/c36-31(37)21-26(30-15-5-4-14-29(30)24-9-2-1-3-10-24)23-38-28-13-8-20-35(22-28)19-7-12-27-17-16-25-11-6-18-33-32(25)34-27/h1-5,9-10,14-17,26,28H,6-8,11-13,18-23H2,(H,33,34)(H,36,37)/t26-,28-/m1/s1. The van der Waals surface area contributed by atoms with Crippen LogP contribution in [0.3, 0.4) is 0 Å². The molecule has 1 aromatic heterocycles. The van der Waals surface area contributed by atoms with E-state index in [1.54, 1.807) is 0 Å². The van der Waals surface area contributed by atoms with E-state index in [0.717, 1.165) is 86.5 Å². The minimum Gasteiger partial charge on any atom is -0.481 e. The smallest absolute Gasteiger partial charge is 0.304 e. The van der Waals surface area contributed by atoms with Gasteiger partial charge in [0.05, 0.1) is 19.1 Å². The normalized spacial score (nSPS) is 18.4. The van der Waals surface area contributed by atoms with Crippen LogP contribution in [0.4, 0.5) is 5.82 Å². The second-order valence-corrected chi connectivity index (χ2v) is 10.6. The number of ether oxygens (including phenoxy) is 1. The van der Waals surface area contributed by atoms with E-state index in [9.17, 15) is 9.90 Å². The molecule has 3 heterocycles. The number of likely N-dealkylation sites (tertiary alicyclic amines) is 1. The van der Waals surface area contributed by atoms with Gasteiger partial charge in [-0.25, -0.2) is 4.98 Å². The maximum Gasteiger partial charge on any atom is 0.304 e. The summed E-state index contributed by atoms with van der Waals surface area (Å²) in [6, 6.07) is 22.7. The molecule has 2 aliphatic rings. The third kappa shape index (κ3) is 7.00. The molecule has 6 heteroatoms. The summed E-state index contributed by atoms with van der Waals surface area (Å²) in [5, 5.41) is 13.1. The number of aromatic nitrogens is 1. The van der Waals surface area contributed by atoms with Crippen molar-refractivity contribution in [2.45, 2.75) is 57.0 Å². The first kappa shape index (κ1) is 26.4. The van der Waals surface area contributed by atoms with Gasteiger partial charge in [0.15, 0.2) is 0 Å². The number of benzene rings is 2. The van der Waals surface area contributed by atoms with Crippen molar-refractivity contribution in [2.75, 3.05) is 38.1 Å². The van der Waals surface area contributed by atoms with E-state index in [4.69, 9.17) is 9.72 Å². The maximum atomic E-state index is 11.8. The lowest BCUT2D eigenvalue weighted by atomic mass is 9.89. The lowest BCUT2D eigenvalue weighted by Gasteiger charge is -2.33. The maximum absolute atomic E-state index is 11.8. The van der Waals surface area contributed by atoms with Crippen molar-refractivity contribution in [1.29, 1.82) is 0 Å². The summed E-state index contributed by atoms with van der Waals surface area (Å²) < 4.78 is 6.42. The first-order valence-corrected chi connectivity index (χ1v) is 14.1. The van der Waals surface area contributed by atoms with Crippen molar-refractivity contribution in [2.24, 2.45) is 0 Å². The Labute approximate surface area is 226 Å². The van der Waals surface area contributed by atoms with Crippen molar-refractivity contribution in [1.82, 2.24) is 9.88 Å². The predicted octanol–water partition coefficient (Wildman–Crippen LogP) is 5.78. The van der Waals surface area contributed by atoms with E-state index >= 15 is 0 Å². The molecule has 0 saturated carbocycles. The predicted molar refractivity (Wildman–Crippen MR) is 152 cm³/mol. The third-order valence-electron chi connectivity index (χ3n) is 7.76. The van der Waals surface area contributed by atoms with Gasteiger partial charge in [-0.05, 0) is 79.9 Å². The quantitative estimate of drug-likeness (QED) is 0.339. The van der Waals surface area contributed by atoms with Gasteiger partial charge in [0.2, 0.25) is 0 Å². The van der Waals surface area contributed by atoms with Crippen molar-refractivity contribution in [3.63, 3.8) is 0 Å². The number of anilines is 1. The number of nitrogens with zero attached hydrogens (tertiary/aromatic N) is 2. The molecular weight excluding hydrogens is 474 g/mol. The topological polar surface area (TPSA) is 74.7 Å². The molecule has 6 nitrogen and oxygen atoms in total. The fraction of sp³-hybridized carbons (Fsp3) is 0.438. The monoisotopic (exact) mass is 513 g/mol. The number of fused-ring (bicyclic) bond motifs is 1. The van der Waals surface area contributed by atoms with E-state index in [-0.39, 0.29) is 18.4 Å². The van der Waals surface area contributed by atoms with Crippen molar-refractivity contribution in [3.8, 4) is 11.1 Å². The number of carbonyl (C=O) groups is 1. The van der Waals surface area contributed by atoms with E-state index in [1.807, 2.05) is 30.3 Å². The zero-order valence-corrected chi connectivity index (χ0v) is 22.1. The third-order valence-corrected chi connectivity index (χ3v) is 7.76. The highest BCUT2D eigenvalue weighted by molar-refractivity contribution is 5.72. The van der Waals surface area contributed by atoms with Crippen LogP contribution in [0, 0.1) is 0 Å². The molecule has 2 aromatic carbocycles. The number of aliphatic carboxylic acids is 1. The Kier molecular flexibility index (Phi) is 9.05. The lowest BCUT2D eigenvalue weighted by molar-refractivity contribution is -0.138. The highest BCUT2D eigenvalue weighted by Crippen LogP contribution is 2.32. The summed E-state index contributed by atoms with van der Waals surface area (Å²) in [4.78, 5) is 19.1. The molecule has 200 valence electrons. The van der Waals surface area contributed by atoms with Gasteiger partial charge in [-0.15, -0.1) is 0 Å². The van der Waals surface area contributed by atoms with Crippen LogP contribution < -0.4 is 5.32 Å². The van der Waals surface area contributed by atoms with Crippen LogP contribution in [0.15, 0.2) is 66.7 Å². The van der Waals surface area contributed by atoms with E-state index in [0.29, 0.717) is 6.61 Å². The van der Waals surface area contributed by atoms with Crippen LogP contribution in [0.2, 0.25) is 0 Å². The molecule has 2 N–H and O–H groups in total. The second kappa shape index (κ2) is 13.0. The molecule has 1 saturated heterocycles. The van der Waals surface area contributed by atoms with Crippen LogP contribution >= 0.6 is 0 Å². The number of hydrogen-bond acceptors (Lipinski definition) is 5. The molecule has 5 rings (SSSR count). The number of pyridine rings is 1. The Morgan fingerprint density at radius 1 is 1.08 bits per heavy atom. The Balaban J connectivity index is 1.16. The minimum absolute atomic E-state index is 0.0584. The van der Waals surface area contributed by atoms with E-state index in [2.05, 4.69) is 46.6 Å². The van der Waals surface area contributed by atoms with Crippen LogP contribution in [0.1, 0.15) is 54.8 Å². The number of carboxylic acids is 1. The summed E-state index contributed by atoms with van der Waals surface area (Å²) in [7, 11) is 0. The number of hydrogen-bond donors (Lipinski definition) is 2. The minimum atomic E-state index is -0.794. The zero-order chi connectivity index (χ0) is 26.2. The van der Waals surface area contributed by atoms with Gasteiger partial charge in [0.25, 0.3) is 0 Å². The molecule has 3 aromatic rings. The Morgan fingerprint density at radius 2 is 1.92 bits per heavy atom. The van der Waals surface area contributed by atoms with E-state index < -0.39 is 5.97 Å². The molecule has 2 aliphatic heterocycles. The first-order chi connectivity index (χ1) is 18.7. The van der Waals surface area contributed by atoms with Crippen LogP contribution in [0.5, 0.6) is 0 Å². The molecule has 0 unspecified atom stereocenters. The Morgan fingerprint density at radius 3 is 2.79 bits per heavy atom. The van der Waals surface area contributed by atoms with Crippen LogP contribution in [-0.2, 0) is 22.4 Å². The summed E-state index contributed by atoms with van der Waals surface area (Å²) >= 11 is 0. The number of carboxylic acid groups (broad SMARTS) is 1. The molecule has 38 heavy (non-hydrogen) atoms. The summed E-state index contributed by atoms with van der Waals surface area (Å²) in [5.41, 5.74) is 5.73. The Hall–Kier alpha value is -3.22. The van der Waals surface area contributed by atoms with Gasteiger partial charge in [-0.2, -0.15) is 0 Å². The fourth-order valence-corrected chi connectivity index (χ4v) is 5.80. The molecule has 1 fully saturated rings. The molecular formula is C32H39N3O3. The summed E-state index contributed by atoms with van der Waals surface area (Å²) in [5.74, 6) is 0.0886. The van der Waals surface area contributed by atoms with Gasteiger partial charge in [-0.3, -0.25) is 4.79 Å². The number of piperidine rings is 1. The largest absolute Gasteiger partial charge is 0.481 e. The number of rotatable bonds is 11. The second-order valence-electron chi connectivity index (χ2n) is 10.6. The Bertz CT molecular complexity index is 1200. The van der Waals surface area contributed by atoms with Gasteiger partial charge in [-0.1, -0.05) is 60.7 Å². The van der Waals surface area contributed by atoms with Crippen molar-refractivity contribution in [3.05, 3.63) is 83.6 Å². The molecule has 0 spiro atoms. The van der Waals surface area contributed by atoms with E-state index in [1.165, 1.54) is 12.0 Å². The summed E-state index contributed by atoms with van der Waals surface area (Å²) in [6.45, 7) is 4.46. The van der Waals surface area contributed by atoms with Crippen LogP contribution in [0.25, 0.3) is 11.1 Å². The molecule has 0 amide bonds. The molecule has 2 atom stereocenters. The van der Waals surface area contributed by atoms with Crippen LogP contribution in [-0.4, -0.2) is 59.8 Å². The SMILES string of the molecule is O=C(O)C[C@H](CO[C@@H]1CCCN(CCCc2ccc3c(n2)NCCC3)C1)c1ccccc1-c1ccccc1. The first-order valence-electron chi connectivity index (χ1n) is 14.1. The van der Waals surface area contributed by atoms with Crippen molar-refractivity contribution < 1.29 is 14.6 Å². The highest BCUT2D eigenvalue weighted by atomic mass is 16.5. The fourth-order valence-electron chi connectivity index (χ4n) is 5.80. The zero-order valence-electron chi connectivity index (χ0n) is 22.1. The average Bonchev–Trinajstić information content (AvgIpc) is 2.96. The van der Waals surface area contributed by atoms with Gasteiger partial charge >= 0.3 is 5.97 Å². The average molecular weight is 514 g/mol.